The molecule has 0 unspecified atom stereocenters. The van der Waals surface area contributed by atoms with Gasteiger partial charge in [-0.05, 0) is 55.8 Å². The zero-order valence-electron chi connectivity index (χ0n) is 11.4. The van der Waals surface area contributed by atoms with E-state index in [0.29, 0.717) is 10.8 Å². The highest BCUT2D eigenvalue weighted by Crippen LogP contribution is 2.49. The number of hydrogen-bond donors (Lipinski definition) is 0. The quantitative estimate of drug-likeness (QED) is 0.587. The van der Waals surface area contributed by atoms with Crippen LogP contribution in [-0.2, 0) is 0 Å². The summed E-state index contributed by atoms with van der Waals surface area (Å²) in [5.41, 5.74) is 1.03. The first-order valence-corrected chi connectivity index (χ1v) is 7.35. The predicted molar refractivity (Wildman–Crippen MR) is 71.2 cm³/mol. The fourth-order valence-corrected chi connectivity index (χ4v) is 3.66. The summed E-state index contributed by atoms with van der Waals surface area (Å²) in [6.07, 6.45) is 14.4. The van der Waals surface area contributed by atoms with Crippen molar-refractivity contribution in [2.75, 3.05) is 0 Å². The van der Waals surface area contributed by atoms with Crippen molar-refractivity contribution in [2.45, 2.75) is 78.1 Å². The van der Waals surface area contributed by atoms with Gasteiger partial charge in [-0.25, -0.2) is 0 Å². The lowest BCUT2D eigenvalue weighted by Crippen LogP contribution is -2.31. The highest BCUT2D eigenvalue weighted by atomic mass is 14.4. The van der Waals surface area contributed by atoms with Crippen molar-refractivity contribution in [2.24, 2.45) is 16.7 Å². The molecule has 0 aromatic carbocycles. The SMILES string of the molecule is [CH2]C1(CC2CCCCC2)CCC(C)(C)CC1. The van der Waals surface area contributed by atoms with E-state index >= 15 is 0 Å². The van der Waals surface area contributed by atoms with Crippen molar-refractivity contribution in [3.63, 3.8) is 0 Å². The van der Waals surface area contributed by atoms with Crippen LogP contribution < -0.4 is 0 Å². The van der Waals surface area contributed by atoms with Gasteiger partial charge in [0.1, 0.15) is 0 Å². The molecule has 0 heteroatoms. The second-order valence-electron chi connectivity index (χ2n) is 7.37. The molecule has 0 aromatic heterocycles. The fraction of sp³-hybridized carbons (Fsp3) is 0.938. The third-order valence-electron chi connectivity index (χ3n) is 5.11. The molecule has 0 aliphatic heterocycles. The molecular weight excluding hydrogens is 192 g/mol. The molecule has 0 amide bonds. The van der Waals surface area contributed by atoms with Crippen LogP contribution in [0.5, 0.6) is 0 Å². The van der Waals surface area contributed by atoms with Crippen molar-refractivity contribution in [1.29, 1.82) is 0 Å². The average Bonchev–Trinajstić information content (AvgIpc) is 2.25. The Balaban J connectivity index is 1.84. The van der Waals surface area contributed by atoms with Crippen LogP contribution in [-0.4, -0.2) is 0 Å². The van der Waals surface area contributed by atoms with E-state index < -0.39 is 0 Å². The summed E-state index contributed by atoms with van der Waals surface area (Å²) < 4.78 is 0. The van der Waals surface area contributed by atoms with Gasteiger partial charge in [0.05, 0.1) is 0 Å². The second-order valence-corrected chi connectivity index (χ2v) is 7.37. The Morgan fingerprint density at radius 2 is 1.50 bits per heavy atom. The molecule has 0 heterocycles. The largest absolute Gasteiger partial charge is 0.0599 e. The first-order valence-electron chi connectivity index (χ1n) is 7.35. The zero-order chi connectivity index (χ0) is 11.6. The average molecular weight is 221 g/mol. The van der Waals surface area contributed by atoms with Gasteiger partial charge in [-0.3, -0.25) is 0 Å². The minimum atomic E-state index is 0.442. The standard InChI is InChI=1S/C16H29/c1-15(2)9-11-16(3,12-10-15)13-14-7-5-4-6-8-14/h14H,3-13H2,1-2H3. The van der Waals surface area contributed by atoms with Gasteiger partial charge in [-0.2, -0.15) is 0 Å². The fourth-order valence-electron chi connectivity index (χ4n) is 3.66. The molecule has 0 aromatic rings. The summed E-state index contributed by atoms with van der Waals surface area (Å²) in [5.74, 6) is 1.01. The second kappa shape index (κ2) is 4.70. The van der Waals surface area contributed by atoms with Crippen molar-refractivity contribution in [3.8, 4) is 0 Å². The smallest absolute Gasteiger partial charge is 0.0294 e. The highest BCUT2D eigenvalue weighted by molar-refractivity contribution is 4.92. The van der Waals surface area contributed by atoms with Gasteiger partial charge in [0.2, 0.25) is 0 Å². The Hall–Kier alpha value is 0. The molecule has 16 heavy (non-hydrogen) atoms. The van der Waals surface area contributed by atoms with E-state index in [1.165, 1.54) is 64.2 Å². The van der Waals surface area contributed by atoms with E-state index in [2.05, 4.69) is 20.8 Å². The van der Waals surface area contributed by atoms with Crippen LogP contribution >= 0.6 is 0 Å². The summed E-state index contributed by atoms with van der Waals surface area (Å²) in [6, 6.07) is 0. The van der Waals surface area contributed by atoms with Crippen molar-refractivity contribution in [3.05, 3.63) is 6.92 Å². The van der Waals surface area contributed by atoms with Crippen LogP contribution in [0.25, 0.3) is 0 Å². The molecule has 2 rings (SSSR count). The summed E-state index contributed by atoms with van der Waals surface area (Å²) in [4.78, 5) is 0. The van der Waals surface area contributed by atoms with Crippen LogP contribution in [0, 0.1) is 23.7 Å². The molecule has 0 N–H and O–H groups in total. The van der Waals surface area contributed by atoms with E-state index in [0.717, 1.165) is 5.92 Å². The van der Waals surface area contributed by atoms with Crippen LogP contribution in [0.15, 0.2) is 0 Å². The predicted octanol–water partition coefficient (Wildman–Crippen LogP) is 5.38. The van der Waals surface area contributed by atoms with E-state index in [-0.39, 0.29) is 0 Å². The molecule has 2 saturated carbocycles. The van der Waals surface area contributed by atoms with Crippen LogP contribution in [0.4, 0.5) is 0 Å². The maximum Gasteiger partial charge on any atom is -0.0294 e. The van der Waals surface area contributed by atoms with E-state index in [4.69, 9.17) is 0 Å². The lowest BCUT2D eigenvalue weighted by molar-refractivity contribution is 0.105. The van der Waals surface area contributed by atoms with Gasteiger partial charge in [0, 0.05) is 0 Å². The zero-order valence-corrected chi connectivity index (χ0v) is 11.4. The lowest BCUT2D eigenvalue weighted by atomic mass is 9.62. The molecule has 2 aliphatic carbocycles. The molecule has 93 valence electrons. The molecule has 0 spiro atoms. The van der Waals surface area contributed by atoms with Gasteiger partial charge in [-0.1, -0.05) is 46.0 Å². The summed E-state index contributed by atoms with van der Waals surface area (Å²) in [5, 5.41) is 0. The minimum absolute atomic E-state index is 0.442. The maximum atomic E-state index is 4.59. The van der Waals surface area contributed by atoms with Gasteiger partial charge in [0.25, 0.3) is 0 Å². The Morgan fingerprint density at radius 3 is 2.06 bits per heavy atom. The summed E-state index contributed by atoms with van der Waals surface area (Å²) >= 11 is 0. The van der Waals surface area contributed by atoms with Crippen molar-refractivity contribution < 1.29 is 0 Å². The highest BCUT2D eigenvalue weighted by Gasteiger charge is 2.36. The molecule has 0 nitrogen and oxygen atoms in total. The monoisotopic (exact) mass is 221 g/mol. The molecule has 0 bridgehead atoms. The molecule has 2 aliphatic rings. The Bertz CT molecular complexity index is 210. The number of rotatable bonds is 2. The molecule has 1 radical (unpaired) electrons. The Kier molecular flexibility index (Phi) is 3.66. The van der Waals surface area contributed by atoms with Crippen molar-refractivity contribution in [1.82, 2.24) is 0 Å². The van der Waals surface area contributed by atoms with E-state index in [1.54, 1.807) is 0 Å². The first kappa shape index (κ1) is 12.5. The topological polar surface area (TPSA) is 0 Å². The van der Waals surface area contributed by atoms with Gasteiger partial charge in [-0.15, -0.1) is 0 Å². The Labute approximate surface area is 102 Å². The molecule has 0 saturated heterocycles. The third-order valence-corrected chi connectivity index (χ3v) is 5.11. The summed E-state index contributed by atoms with van der Waals surface area (Å²) in [6.45, 7) is 9.44. The molecule has 2 fully saturated rings. The lowest BCUT2D eigenvalue weighted by Gasteiger charge is -2.43. The van der Waals surface area contributed by atoms with Gasteiger partial charge < -0.3 is 0 Å². The van der Waals surface area contributed by atoms with Gasteiger partial charge >= 0.3 is 0 Å². The van der Waals surface area contributed by atoms with Crippen molar-refractivity contribution >= 4 is 0 Å². The van der Waals surface area contributed by atoms with Gasteiger partial charge in [0.15, 0.2) is 0 Å². The van der Waals surface area contributed by atoms with E-state index in [1.807, 2.05) is 0 Å². The van der Waals surface area contributed by atoms with Crippen LogP contribution in [0.3, 0.4) is 0 Å². The van der Waals surface area contributed by atoms with Crippen LogP contribution in [0.2, 0.25) is 0 Å². The normalized spacial score (nSPS) is 30.2. The van der Waals surface area contributed by atoms with Crippen LogP contribution in [0.1, 0.15) is 78.1 Å². The third kappa shape index (κ3) is 3.25. The summed E-state index contributed by atoms with van der Waals surface area (Å²) in [7, 11) is 0. The Morgan fingerprint density at radius 1 is 0.938 bits per heavy atom. The minimum Gasteiger partial charge on any atom is -0.0599 e. The van der Waals surface area contributed by atoms with E-state index in [9.17, 15) is 0 Å². The first-order chi connectivity index (χ1) is 7.49. The molecule has 0 atom stereocenters. The number of hydrogen-bond acceptors (Lipinski definition) is 0. The molecular formula is C16H29. The maximum absolute atomic E-state index is 4.59.